The second-order valence-corrected chi connectivity index (χ2v) is 5.50. The van der Waals surface area contributed by atoms with Gasteiger partial charge in [0.1, 0.15) is 11.3 Å². The van der Waals surface area contributed by atoms with E-state index in [-0.39, 0.29) is 5.56 Å². The van der Waals surface area contributed by atoms with Gasteiger partial charge in [-0.15, -0.1) is 0 Å². The van der Waals surface area contributed by atoms with Gasteiger partial charge in [-0.1, -0.05) is 13.0 Å². The van der Waals surface area contributed by atoms with E-state index >= 15 is 0 Å². The Morgan fingerprint density at radius 1 is 1.42 bits per heavy atom. The Kier molecular flexibility index (Phi) is 2.10. The van der Waals surface area contributed by atoms with Gasteiger partial charge < -0.3 is 4.98 Å². The summed E-state index contributed by atoms with van der Waals surface area (Å²) < 4.78 is 1.63. The normalized spacial score (nSPS) is 18.9. The van der Waals surface area contributed by atoms with E-state index in [1.807, 2.05) is 18.2 Å². The molecule has 4 heteroatoms. The fourth-order valence-electron chi connectivity index (χ4n) is 3.10. The Morgan fingerprint density at radius 2 is 2.32 bits per heavy atom. The average molecular weight is 253 g/mol. The molecule has 0 aromatic carbocycles. The number of H-pyrrole nitrogens is 1. The lowest BCUT2D eigenvalue weighted by Gasteiger charge is -2.17. The van der Waals surface area contributed by atoms with Crippen LogP contribution in [-0.2, 0) is 12.8 Å². The summed E-state index contributed by atoms with van der Waals surface area (Å²) in [6.45, 7) is 2.24. The van der Waals surface area contributed by atoms with E-state index in [0.29, 0.717) is 11.6 Å². The topological polar surface area (TPSA) is 50.2 Å². The van der Waals surface area contributed by atoms with Gasteiger partial charge in [0, 0.05) is 11.9 Å². The third-order valence-electron chi connectivity index (χ3n) is 4.11. The van der Waals surface area contributed by atoms with Crippen molar-refractivity contribution in [3.8, 4) is 0 Å². The molecule has 19 heavy (non-hydrogen) atoms. The Labute approximate surface area is 110 Å². The molecule has 0 fully saturated rings. The number of fused-ring (bicyclic) bond motifs is 4. The Balaban J connectivity index is 2.16. The van der Waals surface area contributed by atoms with Gasteiger partial charge in [-0.2, -0.15) is 0 Å². The third kappa shape index (κ3) is 1.46. The van der Waals surface area contributed by atoms with Crippen LogP contribution in [0.15, 0.2) is 29.2 Å². The molecule has 0 saturated heterocycles. The Bertz CT molecular complexity index is 844. The predicted octanol–water partition coefficient (Wildman–Crippen LogP) is 2.30. The zero-order valence-electron chi connectivity index (χ0n) is 10.8. The van der Waals surface area contributed by atoms with Crippen molar-refractivity contribution in [2.45, 2.75) is 26.2 Å². The molecule has 1 N–H and O–H groups in total. The van der Waals surface area contributed by atoms with Crippen LogP contribution in [0.3, 0.4) is 0 Å². The van der Waals surface area contributed by atoms with Crippen LogP contribution in [0.5, 0.6) is 0 Å². The van der Waals surface area contributed by atoms with Crippen LogP contribution < -0.4 is 5.56 Å². The fourth-order valence-corrected chi connectivity index (χ4v) is 3.10. The van der Waals surface area contributed by atoms with Crippen LogP contribution in [0.4, 0.5) is 0 Å². The summed E-state index contributed by atoms with van der Waals surface area (Å²) in [5, 5.41) is 0.783. The molecule has 4 nitrogen and oxygen atoms in total. The molecular formula is C15H15N3O. The molecule has 0 amide bonds. The summed E-state index contributed by atoms with van der Waals surface area (Å²) in [6.07, 6.45) is 4.97. The predicted molar refractivity (Wildman–Crippen MR) is 74.5 cm³/mol. The van der Waals surface area contributed by atoms with Crippen LogP contribution in [0, 0.1) is 5.92 Å². The lowest BCUT2D eigenvalue weighted by molar-refractivity contribution is 0.499. The van der Waals surface area contributed by atoms with Crippen molar-refractivity contribution in [2.24, 2.45) is 5.92 Å². The monoisotopic (exact) mass is 253 g/mol. The van der Waals surface area contributed by atoms with Gasteiger partial charge >= 0.3 is 0 Å². The molecule has 3 aromatic heterocycles. The van der Waals surface area contributed by atoms with E-state index in [9.17, 15) is 4.79 Å². The maximum atomic E-state index is 12.6. The molecule has 3 heterocycles. The van der Waals surface area contributed by atoms with Crippen molar-refractivity contribution in [2.75, 3.05) is 0 Å². The SMILES string of the molecule is CC1CCc2[nH]c3nc4ccccn4c(=O)c3c2C1. The van der Waals surface area contributed by atoms with E-state index in [4.69, 9.17) is 0 Å². The molecule has 1 unspecified atom stereocenters. The number of nitrogens with zero attached hydrogens (tertiary/aromatic N) is 2. The second kappa shape index (κ2) is 3.70. The number of rotatable bonds is 0. The van der Waals surface area contributed by atoms with Gasteiger partial charge in [0.25, 0.3) is 5.56 Å². The summed E-state index contributed by atoms with van der Waals surface area (Å²) in [4.78, 5) is 20.6. The largest absolute Gasteiger partial charge is 0.343 e. The first-order chi connectivity index (χ1) is 9.24. The van der Waals surface area contributed by atoms with Gasteiger partial charge in [-0.3, -0.25) is 9.20 Å². The highest BCUT2D eigenvalue weighted by Gasteiger charge is 2.22. The first kappa shape index (κ1) is 10.8. The average Bonchev–Trinajstić information content (AvgIpc) is 2.76. The van der Waals surface area contributed by atoms with Crippen LogP contribution in [0.25, 0.3) is 16.7 Å². The molecule has 3 aromatic rings. The third-order valence-corrected chi connectivity index (χ3v) is 4.11. The Hall–Kier alpha value is -2.10. The van der Waals surface area contributed by atoms with Crippen molar-refractivity contribution < 1.29 is 0 Å². The molecule has 1 aliphatic rings. The minimum atomic E-state index is 0.0483. The van der Waals surface area contributed by atoms with Crippen molar-refractivity contribution in [3.05, 3.63) is 46.0 Å². The molecule has 1 aliphatic carbocycles. The van der Waals surface area contributed by atoms with Crippen LogP contribution in [0.1, 0.15) is 24.6 Å². The van der Waals surface area contributed by atoms with Crippen LogP contribution in [-0.4, -0.2) is 14.4 Å². The summed E-state index contributed by atoms with van der Waals surface area (Å²) in [5.41, 5.74) is 3.88. The Morgan fingerprint density at radius 3 is 3.21 bits per heavy atom. The minimum Gasteiger partial charge on any atom is -0.343 e. The highest BCUT2D eigenvalue weighted by molar-refractivity contribution is 5.82. The van der Waals surface area contributed by atoms with Crippen molar-refractivity contribution in [1.29, 1.82) is 0 Å². The van der Waals surface area contributed by atoms with Gasteiger partial charge in [0.05, 0.1) is 5.39 Å². The molecule has 96 valence electrons. The summed E-state index contributed by atoms with van der Waals surface area (Å²) in [7, 11) is 0. The van der Waals surface area contributed by atoms with Crippen LogP contribution >= 0.6 is 0 Å². The molecule has 0 saturated carbocycles. The molecule has 0 spiro atoms. The molecule has 1 atom stereocenters. The lowest BCUT2D eigenvalue weighted by Crippen LogP contribution is -2.17. The molecule has 0 aliphatic heterocycles. The number of nitrogens with one attached hydrogen (secondary N) is 1. The lowest BCUT2D eigenvalue weighted by atomic mass is 9.88. The maximum Gasteiger partial charge on any atom is 0.267 e. The quantitative estimate of drug-likeness (QED) is 0.668. The standard InChI is InChI=1S/C15H15N3O/c1-9-5-6-11-10(8-9)13-14(16-11)17-12-4-2-3-7-18(12)15(13)19/h2-4,7,9,16H,5-6,8H2,1H3. The van der Waals surface area contributed by atoms with Crippen molar-refractivity contribution >= 4 is 16.7 Å². The van der Waals surface area contributed by atoms with E-state index in [1.165, 1.54) is 17.7 Å². The number of aryl methyl sites for hydroxylation is 1. The number of hydrogen-bond donors (Lipinski definition) is 1. The second-order valence-electron chi connectivity index (χ2n) is 5.50. The zero-order chi connectivity index (χ0) is 13.0. The summed E-state index contributed by atoms with van der Waals surface area (Å²) in [5.74, 6) is 0.641. The summed E-state index contributed by atoms with van der Waals surface area (Å²) >= 11 is 0. The van der Waals surface area contributed by atoms with Gasteiger partial charge in [-0.25, -0.2) is 4.98 Å². The first-order valence-corrected chi connectivity index (χ1v) is 6.75. The van der Waals surface area contributed by atoms with Gasteiger partial charge in [0.2, 0.25) is 0 Å². The highest BCUT2D eigenvalue weighted by atomic mass is 16.1. The van der Waals surface area contributed by atoms with Gasteiger partial charge in [-0.05, 0) is 42.9 Å². The zero-order valence-corrected chi connectivity index (χ0v) is 10.8. The van der Waals surface area contributed by atoms with Crippen molar-refractivity contribution in [3.63, 3.8) is 0 Å². The first-order valence-electron chi connectivity index (χ1n) is 6.75. The molecular weight excluding hydrogens is 238 g/mol. The molecule has 0 radical (unpaired) electrons. The highest BCUT2D eigenvalue weighted by Crippen LogP contribution is 2.29. The number of aromatic nitrogens is 3. The van der Waals surface area contributed by atoms with E-state index in [0.717, 1.165) is 23.9 Å². The van der Waals surface area contributed by atoms with Gasteiger partial charge in [0.15, 0.2) is 0 Å². The smallest absolute Gasteiger partial charge is 0.267 e. The van der Waals surface area contributed by atoms with Crippen molar-refractivity contribution in [1.82, 2.24) is 14.4 Å². The fraction of sp³-hybridized carbons (Fsp3) is 0.333. The van der Waals surface area contributed by atoms with E-state index < -0.39 is 0 Å². The molecule has 0 bridgehead atoms. The molecule has 4 rings (SSSR count). The number of aromatic amines is 1. The van der Waals surface area contributed by atoms with Crippen LogP contribution in [0.2, 0.25) is 0 Å². The summed E-state index contributed by atoms with van der Waals surface area (Å²) in [6, 6.07) is 5.63. The maximum absolute atomic E-state index is 12.6. The number of pyridine rings is 1. The minimum absolute atomic E-state index is 0.0483. The van der Waals surface area contributed by atoms with E-state index in [1.54, 1.807) is 10.6 Å². The van der Waals surface area contributed by atoms with E-state index in [2.05, 4.69) is 16.9 Å². The number of hydrogen-bond acceptors (Lipinski definition) is 2.